The molecular formula is C20H27N3O4. The molecule has 1 fully saturated rings. The van der Waals surface area contributed by atoms with E-state index in [1.807, 2.05) is 31.2 Å². The lowest BCUT2D eigenvalue weighted by Gasteiger charge is -2.25. The first kappa shape index (κ1) is 20.6. The van der Waals surface area contributed by atoms with E-state index < -0.39 is 17.1 Å². The van der Waals surface area contributed by atoms with Crippen LogP contribution in [0.4, 0.5) is 4.79 Å². The number of rotatable bonds is 7. The molecule has 1 heterocycles. The van der Waals surface area contributed by atoms with Gasteiger partial charge in [-0.1, -0.05) is 29.8 Å². The quantitative estimate of drug-likeness (QED) is 0.715. The third kappa shape index (κ3) is 4.72. The molecule has 1 aliphatic rings. The number of carbonyl (C=O) groups excluding carboxylic acids is 4. The number of hydrogen-bond acceptors (Lipinski definition) is 4. The van der Waals surface area contributed by atoms with Crippen molar-refractivity contribution in [3.05, 3.63) is 35.4 Å². The molecular weight excluding hydrogens is 346 g/mol. The molecule has 0 spiro atoms. The van der Waals surface area contributed by atoms with Crippen LogP contribution >= 0.6 is 0 Å². The summed E-state index contributed by atoms with van der Waals surface area (Å²) in [6.45, 7) is 8.57. The van der Waals surface area contributed by atoms with Gasteiger partial charge in [0.2, 0.25) is 5.91 Å². The minimum atomic E-state index is -1.14. The minimum absolute atomic E-state index is 0.0197. The zero-order valence-corrected chi connectivity index (χ0v) is 16.5. The summed E-state index contributed by atoms with van der Waals surface area (Å²) in [7, 11) is 0. The van der Waals surface area contributed by atoms with Crippen LogP contribution in [0.3, 0.4) is 0 Å². The fraction of sp³-hybridized carbons (Fsp3) is 0.500. The Morgan fingerprint density at radius 3 is 2.33 bits per heavy atom. The molecule has 146 valence electrons. The Labute approximate surface area is 159 Å². The molecule has 0 radical (unpaired) electrons. The number of carbonyl (C=O) groups is 4. The number of imide groups is 1. The number of amides is 4. The van der Waals surface area contributed by atoms with E-state index in [0.29, 0.717) is 5.56 Å². The summed E-state index contributed by atoms with van der Waals surface area (Å²) >= 11 is 0. The SMILES string of the molecule is CC(=O)CC(C)(C)NC(=O)CCN1C(=O)N[C@](C)(c2ccc(C)cc2)C1=O. The number of nitrogens with zero attached hydrogens (tertiary/aromatic N) is 1. The van der Waals surface area contributed by atoms with Crippen LogP contribution in [-0.4, -0.2) is 40.6 Å². The molecule has 1 aromatic carbocycles. The predicted octanol–water partition coefficient (Wildman–Crippen LogP) is 2.03. The Kier molecular flexibility index (Phi) is 5.73. The molecule has 7 nitrogen and oxygen atoms in total. The van der Waals surface area contributed by atoms with Crippen LogP contribution in [0.1, 0.15) is 51.7 Å². The van der Waals surface area contributed by atoms with E-state index in [1.165, 1.54) is 6.92 Å². The van der Waals surface area contributed by atoms with Crippen LogP contribution in [0, 0.1) is 6.92 Å². The molecule has 7 heteroatoms. The Hall–Kier alpha value is -2.70. The molecule has 2 N–H and O–H groups in total. The molecule has 0 saturated carbocycles. The summed E-state index contributed by atoms with van der Waals surface area (Å²) in [5, 5.41) is 5.50. The van der Waals surface area contributed by atoms with Crippen molar-refractivity contribution >= 4 is 23.6 Å². The fourth-order valence-electron chi connectivity index (χ4n) is 3.30. The maximum absolute atomic E-state index is 12.8. The summed E-state index contributed by atoms with van der Waals surface area (Å²) in [4.78, 5) is 49.7. The van der Waals surface area contributed by atoms with Gasteiger partial charge in [-0.05, 0) is 40.2 Å². The third-order valence-electron chi connectivity index (χ3n) is 4.64. The summed E-state index contributed by atoms with van der Waals surface area (Å²) in [5.74, 6) is -0.721. The first-order chi connectivity index (χ1) is 12.4. The standard InChI is InChI=1S/C20H27N3O4/c1-13-6-8-15(9-7-13)20(5)17(26)23(18(27)22-20)11-10-16(25)21-19(3,4)12-14(2)24/h6-9H,10-12H2,1-5H3,(H,21,25)(H,22,27)/t20-/m1/s1. The Balaban J connectivity index is 2.02. The van der Waals surface area contributed by atoms with Gasteiger partial charge in [-0.25, -0.2) is 4.79 Å². The Bertz CT molecular complexity index is 770. The van der Waals surface area contributed by atoms with Gasteiger partial charge in [0.15, 0.2) is 0 Å². The summed E-state index contributed by atoms with van der Waals surface area (Å²) in [6.07, 6.45) is 0.192. The highest BCUT2D eigenvalue weighted by Gasteiger charge is 2.48. The van der Waals surface area contributed by atoms with Crippen LogP contribution in [0.5, 0.6) is 0 Å². The van der Waals surface area contributed by atoms with Gasteiger partial charge in [0, 0.05) is 24.9 Å². The first-order valence-corrected chi connectivity index (χ1v) is 8.96. The maximum atomic E-state index is 12.8. The second-order valence-electron chi connectivity index (χ2n) is 7.94. The highest BCUT2D eigenvalue weighted by molar-refractivity contribution is 6.07. The van der Waals surface area contributed by atoms with Crippen LogP contribution in [0.15, 0.2) is 24.3 Å². The van der Waals surface area contributed by atoms with Crippen molar-refractivity contribution < 1.29 is 19.2 Å². The molecule has 0 aliphatic carbocycles. The smallest absolute Gasteiger partial charge is 0.325 e. The van der Waals surface area contributed by atoms with E-state index in [1.54, 1.807) is 20.8 Å². The van der Waals surface area contributed by atoms with Crippen molar-refractivity contribution in [2.24, 2.45) is 0 Å². The van der Waals surface area contributed by atoms with Crippen molar-refractivity contribution in [3.8, 4) is 0 Å². The zero-order valence-electron chi connectivity index (χ0n) is 16.5. The molecule has 4 amide bonds. The number of nitrogens with one attached hydrogen (secondary N) is 2. The molecule has 0 unspecified atom stereocenters. The van der Waals surface area contributed by atoms with E-state index in [2.05, 4.69) is 10.6 Å². The Morgan fingerprint density at radius 2 is 1.78 bits per heavy atom. The average molecular weight is 373 g/mol. The number of ketones is 1. The van der Waals surface area contributed by atoms with Gasteiger partial charge in [0.25, 0.3) is 5.91 Å². The largest absolute Gasteiger partial charge is 0.351 e. The van der Waals surface area contributed by atoms with Crippen molar-refractivity contribution in [3.63, 3.8) is 0 Å². The first-order valence-electron chi connectivity index (χ1n) is 8.96. The van der Waals surface area contributed by atoms with Crippen molar-refractivity contribution in [2.75, 3.05) is 6.54 Å². The van der Waals surface area contributed by atoms with Crippen molar-refractivity contribution in [1.29, 1.82) is 0 Å². The number of urea groups is 1. The summed E-state index contributed by atoms with van der Waals surface area (Å²) < 4.78 is 0. The third-order valence-corrected chi connectivity index (χ3v) is 4.64. The second-order valence-corrected chi connectivity index (χ2v) is 7.94. The number of aryl methyl sites for hydroxylation is 1. The zero-order chi connectivity index (χ0) is 20.4. The molecule has 1 aromatic rings. The Morgan fingerprint density at radius 1 is 1.19 bits per heavy atom. The fourth-order valence-corrected chi connectivity index (χ4v) is 3.30. The average Bonchev–Trinajstić information content (AvgIpc) is 2.74. The second kappa shape index (κ2) is 7.50. The van der Waals surface area contributed by atoms with Crippen LogP contribution in [-0.2, 0) is 19.9 Å². The van der Waals surface area contributed by atoms with Gasteiger partial charge in [-0.15, -0.1) is 0 Å². The van der Waals surface area contributed by atoms with E-state index in [4.69, 9.17) is 0 Å². The van der Waals surface area contributed by atoms with Crippen LogP contribution < -0.4 is 10.6 Å². The lowest BCUT2D eigenvalue weighted by molar-refractivity contribution is -0.131. The van der Waals surface area contributed by atoms with E-state index in [-0.39, 0.29) is 37.0 Å². The van der Waals surface area contributed by atoms with Crippen molar-refractivity contribution in [1.82, 2.24) is 15.5 Å². The molecule has 27 heavy (non-hydrogen) atoms. The lowest BCUT2D eigenvalue weighted by atomic mass is 9.91. The molecule has 1 atom stereocenters. The molecule has 0 bridgehead atoms. The topological polar surface area (TPSA) is 95.6 Å². The van der Waals surface area contributed by atoms with Crippen LogP contribution in [0.2, 0.25) is 0 Å². The summed E-state index contributed by atoms with van der Waals surface area (Å²) in [6, 6.07) is 6.88. The van der Waals surface area contributed by atoms with Gasteiger partial charge in [-0.3, -0.25) is 19.3 Å². The van der Waals surface area contributed by atoms with Gasteiger partial charge in [-0.2, -0.15) is 0 Å². The van der Waals surface area contributed by atoms with Gasteiger partial charge < -0.3 is 10.6 Å². The van der Waals surface area contributed by atoms with Crippen molar-refractivity contribution in [2.45, 2.75) is 58.5 Å². The minimum Gasteiger partial charge on any atom is -0.351 e. The van der Waals surface area contributed by atoms with Crippen LogP contribution in [0.25, 0.3) is 0 Å². The van der Waals surface area contributed by atoms with E-state index >= 15 is 0 Å². The van der Waals surface area contributed by atoms with E-state index in [9.17, 15) is 19.2 Å². The van der Waals surface area contributed by atoms with Gasteiger partial charge >= 0.3 is 6.03 Å². The normalized spacial score (nSPS) is 19.8. The summed E-state index contributed by atoms with van der Waals surface area (Å²) in [5.41, 5.74) is -0.0620. The monoisotopic (exact) mass is 373 g/mol. The number of Topliss-reactive ketones (excluding diaryl/α,β-unsaturated/α-hetero) is 1. The van der Waals surface area contributed by atoms with Gasteiger partial charge in [0.05, 0.1) is 0 Å². The molecule has 1 aliphatic heterocycles. The van der Waals surface area contributed by atoms with E-state index in [0.717, 1.165) is 10.5 Å². The molecule has 2 rings (SSSR count). The number of hydrogen-bond donors (Lipinski definition) is 2. The molecule has 0 aromatic heterocycles. The predicted molar refractivity (Wildman–Crippen MR) is 101 cm³/mol. The lowest BCUT2D eigenvalue weighted by Crippen LogP contribution is -2.46. The number of benzene rings is 1. The highest BCUT2D eigenvalue weighted by atomic mass is 16.2. The van der Waals surface area contributed by atoms with Gasteiger partial charge in [0.1, 0.15) is 11.3 Å². The molecule has 1 saturated heterocycles. The highest BCUT2D eigenvalue weighted by Crippen LogP contribution is 2.29. The maximum Gasteiger partial charge on any atom is 0.325 e.